The quantitative estimate of drug-likeness (QED) is 0.650. The van der Waals surface area contributed by atoms with E-state index in [1.165, 1.54) is 5.56 Å². The summed E-state index contributed by atoms with van der Waals surface area (Å²) in [6.45, 7) is 3.18. The third-order valence-electron chi connectivity index (χ3n) is 5.93. The van der Waals surface area contributed by atoms with E-state index < -0.39 is 5.60 Å². The highest BCUT2D eigenvalue weighted by Gasteiger charge is 2.36. The van der Waals surface area contributed by atoms with Crippen LogP contribution in [0.5, 0.6) is 11.5 Å². The largest absolute Gasteiger partial charge is 0.496 e. The predicted molar refractivity (Wildman–Crippen MR) is 116 cm³/mol. The van der Waals surface area contributed by atoms with E-state index >= 15 is 0 Å². The maximum absolute atomic E-state index is 11.3. The molecule has 1 aromatic heterocycles. The molecule has 1 aliphatic heterocycles. The van der Waals surface area contributed by atoms with Crippen molar-refractivity contribution < 1.29 is 14.6 Å². The SMILES string of the molecule is COc1ccc(CN2CCC(O)(c3ccccc3OC)CC2)cc1Cn1cccn1. The third-order valence-corrected chi connectivity index (χ3v) is 5.93. The third kappa shape index (κ3) is 4.35. The van der Waals surface area contributed by atoms with Gasteiger partial charge >= 0.3 is 0 Å². The zero-order valence-electron chi connectivity index (χ0n) is 17.6. The van der Waals surface area contributed by atoms with Crippen LogP contribution in [-0.2, 0) is 18.7 Å². The molecule has 1 fully saturated rings. The molecular weight excluding hydrogens is 378 g/mol. The Labute approximate surface area is 177 Å². The van der Waals surface area contributed by atoms with Crippen molar-refractivity contribution in [2.45, 2.75) is 31.5 Å². The van der Waals surface area contributed by atoms with Crippen LogP contribution in [0.2, 0.25) is 0 Å². The molecule has 0 saturated carbocycles. The van der Waals surface area contributed by atoms with E-state index in [1.807, 2.05) is 47.3 Å². The van der Waals surface area contributed by atoms with Crippen LogP contribution in [0.4, 0.5) is 0 Å². The van der Waals surface area contributed by atoms with Crippen LogP contribution in [0.15, 0.2) is 60.9 Å². The molecule has 30 heavy (non-hydrogen) atoms. The van der Waals surface area contributed by atoms with Gasteiger partial charge in [-0.2, -0.15) is 5.10 Å². The van der Waals surface area contributed by atoms with Gasteiger partial charge in [-0.25, -0.2) is 0 Å². The van der Waals surface area contributed by atoms with Crippen LogP contribution < -0.4 is 9.47 Å². The van der Waals surface area contributed by atoms with Crippen molar-refractivity contribution in [3.8, 4) is 11.5 Å². The number of ether oxygens (including phenoxy) is 2. The van der Waals surface area contributed by atoms with Crippen LogP contribution in [0.25, 0.3) is 0 Å². The number of piperidine rings is 1. The Morgan fingerprint density at radius 2 is 1.73 bits per heavy atom. The fourth-order valence-electron chi connectivity index (χ4n) is 4.26. The van der Waals surface area contributed by atoms with Crippen molar-refractivity contribution >= 4 is 0 Å². The van der Waals surface area contributed by atoms with Crippen LogP contribution in [0, 0.1) is 0 Å². The molecule has 3 aromatic rings. The molecule has 6 heteroatoms. The number of methoxy groups -OCH3 is 2. The van der Waals surface area contributed by atoms with Crippen molar-refractivity contribution in [1.82, 2.24) is 14.7 Å². The average molecular weight is 408 g/mol. The van der Waals surface area contributed by atoms with Crippen molar-refractivity contribution in [2.24, 2.45) is 0 Å². The fraction of sp³-hybridized carbons (Fsp3) is 0.375. The van der Waals surface area contributed by atoms with Crippen molar-refractivity contribution in [1.29, 1.82) is 0 Å². The van der Waals surface area contributed by atoms with Gasteiger partial charge in [-0.05, 0) is 42.7 Å². The Morgan fingerprint density at radius 1 is 0.967 bits per heavy atom. The van der Waals surface area contributed by atoms with E-state index in [0.717, 1.165) is 42.3 Å². The summed E-state index contributed by atoms with van der Waals surface area (Å²) in [5.41, 5.74) is 2.40. The Hall–Kier alpha value is -2.83. The van der Waals surface area contributed by atoms with Gasteiger partial charge in [0.2, 0.25) is 0 Å². The molecule has 1 aliphatic rings. The lowest BCUT2D eigenvalue weighted by Crippen LogP contribution is -2.42. The summed E-state index contributed by atoms with van der Waals surface area (Å²) in [7, 11) is 3.35. The first-order valence-corrected chi connectivity index (χ1v) is 10.3. The smallest absolute Gasteiger partial charge is 0.124 e. The van der Waals surface area contributed by atoms with Gasteiger partial charge in [-0.15, -0.1) is 0 Å². The number of aromatic nitrogens is 2. The number of nitrogens with zero attached hydrogens (tertiary/aromatic N) is 3. The zero-order valence-corrected chi connectivity index (χ0v) is 17.6. The number of rotatable bonds is 7. The lowest BCUT2D eigenvalue weighted by Gasteiger charge is -2.39. The molecule has 2 aromatic carbocycles. The lowest BCUT2D eigenvalue weighted by molar-refractivity contribution is -0.0292. The van der Waals surface area contributed by atoms with Crippen molar-refractivity contribution in [2.75, 3.05) is 27.3 Å². The summed E-state index contributed by atoms with van der Waals surface area (Å²) in [6, 6.07) is 16.0. The van der Waals surface area contributed by atoms with Crippen LogP contribution in [0.1, 0.15) is 29.5 Å². The maximum atomic E-state index is 11.3. The van der Waals surface area contributed by atoms with E-state index in [0.29, 0.717) is 19.4 Å². The van der Waals surface area contributed by atoms with Gasteiger partial charge in [-0.3, -0.25) is 9.58 Å². The Bertz CT molecular complexity index is 964. The molecule has 1 saturated heterocycles. The molecule has 0 amide bonds. The van der Waals surface area contributed by atoms with E-state index in [9.17, 15) is 5.11 Å². The van der Waals surface area contributed by atoms with Gasteiger partial charge in [0.1, 0.15) is 11.5 Å². The molecule has 6 nitrogen and oxygen atoms in total. The molecule has 2 heterocycles. The number of para-hydroxylation sites is 1. The maximum Gasteiger partial charge on any atom is 0.124 e. The minimum Gasteiger partial charge on any atom is -0.496 e. The van der Waals surface area contributed by atoms with Gasteiger partial charge in [0.25, 0.3) is 0 Å². The highest BCUT2D eigenvalue weighted by atomic mass is 16.5. The van der Waals surface area contributed by atoms with Crippen molar-refractivity contribution in [3.63, 3.8) is 0 Å². The average Bonchev–Trinajstić information content (AvgIpc) is 3.29. The Balaban J connectivity index is 1.44. The molecular formula is C24H29N3O3. The summed E-state index contributed by atoms with van der Waals surface area (Å²) in [4.78, 5) is 2.39. The van der Waals surface area contributed by atoms with Gasteiger partial charge in [-0.1, -0.05) is 24.3 Å². The molecule has 158 valence electrons. The molecule has 0 spiro atoms. The summed E-state index contributed by atoms with van der Waals surface area (Å²) < 4.78 is 12.9. The standard InChI is InChI=1S/C24H29N3O3/c1-29-22-9-8-19(16-20(22)18-27-13-5-12-25-27)17-26-14-10-24(28,11-15-26)21-6-3-4-7-23(21)30-2/h3-9,12-13,16,28H,10-11,14-15,17-18H2,1-2H3. The second kappa shape index (κ2) is 8.90. The first-order chi connectivity index (χ1) is 14.6. The summed E-state index contributed by atoms with van der Waals surface area (Å²) in [5.74, 6) is 1.63. The fourth-order valence-corrected chi connectivity index (χ4v) is 4.26. The Morgan fingerprint density at radius 3 is 2.43 bits per heavy atom. The van der Waals surface area contributed by atoms with E-state index in [-0.39, 0.29) is 0 Å². The van der Waals surface area contributed by atoms with E-state index in [1.54, 1.807) is 20.4 Å². The van der Waals surface area contributed by atoms with Gasteiger partial charge in [0.15, 0.2) is 0 Å². The van der Waals surface area contributed by atoms with E-state index in [2.05, 4.69) is 22.1 Å². The molecule has 0 bridgehead atoms. The first kappa shape index (κ1) is 20.4. The molecule has 0 radical (unpaired) electrons. The monoisotopic (exact) mass is 407 g/mol. The van der Waals surface area contributed by atoms with Crippen LogP contribution in [0.3, 0.4) is 0 Å². The predicted octanol–water partition coefficient (Wildman–Crippen LogP) is 3.43. The Kier molecular flexibility index (Phi) is 6.06. The topological polar surface area (TPSA) is 59.8 Å². The second-order valence-corrected chi connectivity index (χ2v) is 7.86. The van der Waals surface area contributed by atoms with Crippen LogP contribution >= 0.6 is 0 Å². The highest BCUT2D eigenvalue weighted by Crippen LogP contribution is 2.38. The van der Waals surface area contributed by atoms with E-state index in [4.69, 9.17) is 9.47 Å². The summed E-state index contributed by atoms with van der Waals surface area (Å²) in [5, 5.41) is 15.6. The lowest BCUT2D eigenvalue weighted by atomic mass is 9.83. The van der Waals surface area contributed by atoms with Gasteiger partial charge < -0.3 is 14.6 Å². The second-order valence-electron chi connectivity index (χ2n) is 7.86. The summed E-state index contributed by atoms with van der Waals surface area (Å²) in [6.07, 6.45) is 5.11. The van der Waals surface area contributed by atoms with Crippen molar-refractivity contribution in [3.05, 3.63) is 77.6 Å². The van der Waals surface area contributed by atoms with Gasteiger partial charge in [0.05, 0.1) is 26.4 Å². The minimum atomic E-state index is -0.839. The molecule has 0 aliphatic carbocycles. The number of likely N-dealkylation sites (tertiary alicyclic amines) is 1. The molecule has 4 rings (SSSR count). The summed E-state index contributed by atoms with van der Waals surface area (Å²) >= 11 is 0. The number of hydrogen-bond donors (Lipinski definition) is 1. The molecule has 0 atom stereocenters. The number of aliphatic hydroxyl groups is 1. The zero-order chi connectivity index (χ0) is 21.0. The molecule has 0 unspecified atom stereocenters. The highest BCUT2D eigenvalue weighted by molar-refractivity contribution is 5.39. The molecule has 1 N–H and O–H groups in total. The number of benzene rings is 2. The minimum absolute atomic E-state index is 0.678. The van der Waals surface area contributed by atoms with Gasteiger partial charge in [0, 0.05) is 43.2 Å². The van der Waals surface area contributed by atoms with Crippen LogP contribution in [-0.4, -0.2) is 47.1 Å². The normalized spacial score (nSPS) is 16.4. The number of hydrogen-bond acceptors (Lipinski definition) is 5. The first-order valence-electron chi connectivity index (χ1n) is 10.3.